The number of urea groups is 1. The summed E-state index contributed by atoms with van der Waals surface area (Å²) in [6, 6.07) is 13.4. The second kappa shape index (κ2) is 13.3. The van der Waals surface area contributed by atoms with Crippen LogP contribution in [0.1, 0.15) is 24.2 Å². The third-order valence-corrected chi connectivity index (χ3v) is 6.51. The summed E-state index contributed by atoms with van der Waals surface area (Å²) >= 11 is 0. The Bertz CT molecular complexity index is 1110. The molecule has 0 saturated carbocycles. The van der Waals surface area contributed by atoms with E-state index in [1.165, 1.54) is 0 Å². The van der Waals surface area contributed by atoms with Crippen LogP contribution >= 0.6 is 0 Å². The van der Waals surface area contributed by atoms with Gasteiger partial charge < -0.3 is 34.8 Å². The van der Waals surface area contributed by atoms with Gasteiger partial charge in [-0.2, -0.15) is 0 Å². The van der Waals surface area contributed by atoms with Gasteiger partial charge >= 0.3 is 6.03 Å². The summed E-state index contributed by atoms with van der Waals surface area (Å²) in [5.74, 6) is 0.0938. The molecule has 0 unspecified atom stereocenters. The van der Waals surface area contributed by atoms with Gasteiger partial charge in [-0.15, -0.1) is 0 Å². The van der Waals surface area contributed by atoms with Crippen molar-refractivity contribution in [1.29, 1.82) is 0 Å². The molecule has 1 heterocycles. The molecule has 3 atom stereocenters. The molecule has 0 spiro atoms. The molecule has 0 radical (unpaired) electrons. The number of para-hydroxylation sites is 1. The summed E-state index contributed by atoms with van der Waals surface area (Å²) in [4.78, 5) is 44.4. The van der Waals surface area contributed by atoms with Crippen molar-refractivity contribution >= 4 is 29.2 Å². The average Bonchev–Trinajstić information content (AvgIpc) is 2.88. The minimum atomic E-state index is -0.428. The highest BCUT2D eigenvalue weighted by atomic mass is 16.5. The highest BCUT2D eigenvalue weighted by Gasteiger charge is 2.30. The van der Waals surface area contributed by atoms with Gasteiger partial charge in [-0.3, -0.25) is 9.59 Å². The van der Waals surface area contributed by atoms with E-state index in [0.717, 1.165) is 0 Å². The zero-order valence-corrected chi connectivity index (χ0v) is 23.1. The van der Waals surface area contributed by atoms with Crippen molar-refractivity contribution < 1.29 is 23.9 Å². The summed E-state index contributed by atoms with van der Waals surface area (Å²) in [5.41, 5.74) is 1.41. The van der Waals surface area contributed by atoms with Crippen molar-refractivity contribution in [3.63, 3.8) is 0 Å². The van der Waals surface area contributed by atoms with E-state index in [1.54, 1.807) is 49.4 Å². The summed E-state index contributed by atoms with van der Waals surface area (Å²) in [5, 5.41) is 5.54. The molecule has 10 heteroatoms. The van der Waals surface area contributed by atoms with Gasteiger partial charge in [0.2, 0.25) is 5.91 Å². The second-order valence-corrected chi connectivity index (χ2v) is 10.0. The molecule has 2 aromatic rings. The Hall–Kier alpha value is -3.63. The Morgan fingerprint density at radius 1 is 1.05 bits per heavy atom. The fourth-order valence-electron chi connectivity index (χ4n) is 4.38. The lowest BCUT2D eigenvalue weighted by Gasteiger charge is -2.36. The highest BCUT2D eigenvalue weighted by molar-refractivity contribution is 6.02. The number of methoxy groups -OCH3 is 1. The average molecular weight is 526 g/mol. The molecule has 1 aliphatic rings. The molecule has 1 aliphatic heterocycles. The monoisotopic (exact) mass is 525 g/mol. The number of hydrogen-bond acceptors (Lipinski definition) is 6. The molecule has 2 N–H and O–H groups in total. The number of likely N-dealkylation sites (N-methyl/N-ethyl adjacent to an activating group) is 2. The van der Waals surface area contributed by atoms with Crippen LogP contribution in [0.4, 0.5) is 16.2 Å². The lowest BCUT2D eigenvalue weighted by molar-refractivity contribution is -0.136. The normalized spacial score (nSPS) is 20.6. The van der Waals surface area contributed by atoms with Crippen LogP contribution in [-0.4, -0.2) is 99.2 Å². The predicted octanol–water partition coefficient (Wildman–Crippen LogP) is 3.22. The summed E-state index contributed by atoms with van der Waals surface area (Å²) < 4.78 is 11.9. The number of rotatable bonds is 5. The van der Waals surface area contributed by atoms with E-state index in [-0.39, 0.29) is 43.0 Å². The van der Waals surface area contributed by atoms with Crippen LogP contribution in [0.5, 0.6) is 5.75 Å². The molecule has 0 aromatic heterocycles. The standard InChI is InChI=1S/C28H39N5O5/c1-19-15-33(26(34)17-31(3)4)20(2)18-38-24-13-12-22(30-28(36)29-21-10-8-7-9-11-21)14-23(24)27(35)32(5)16-25(19)37-6/h7-14,19-20,25H,15-18H2,1-6H3,(H2,29,30,36)/t19-,20+,25+/m1/s1. The molecular weight excluding hydrogens is 486 g/mol. The first-order valence-electron chi connectivity index (χ1n) is 12.7. The first-order valence-corrected chi connectivity index (χ1v) is 12.7. The van der Waals surface area contributed by atoms with Crippen LogP contribution in [0.2, 0.25) is 0 Å². The van der Waals surface area contributed by atoms with Crippen molar-refractivity contribution in [3.8, 4) is 5.75 Å². The summed E-state index contributed by atoms with van der Waals surface area (Å²) in [6.45, 7) is 5.24. The van der Waals surface area contributed by atoms with Gasteiger partial charge in [-0.25, -0.2) is 4.79 Å². The SMILES string of the molecule is CO[C@H]1CN(C)C(=O)c2cc(NC(=O)Nc3ccccc3)ccc2OC[C@H](C)N(C(=O)CN(C)C)C[C@H]1C. The van der Waals surface area contributed by atoms with Gasteiger partial charge in [0, 0.05) is 44.5 Å². The van der Waals surface area contributed by atoms with Gasteiger partial charge in [-0.05, 0) is 51.4 Å². The number of hydrogen-bond donors (Lipinski definition) is 2. The highest BCUT2D eigenvalue weighted by Crippen LogP contribution is 2.26. The third kappa shape index (κ3) is 7.69. The molecule has 4 amide bonds. The molecule has 3 rings (SSSR count). The first kappa shape index (κ1) is 28.9. The van der Waals surface area contributed by atoms with Crippen molar-refractivity contribution in [2.75, 3.05) is 65.1 Å². The molecule has 0 aliphatic carbocycles. The van der Waals surface area contributed by atoms with E-state index >= 15 is 0 Å². The number of amides is 4. The van der Waals surface area contributed by atoms with Gasteiger partial charge in [0.05, 0.1) is 24.3 Å². The Kier molecular flexibility index (Phi) is 10.1. The maximum Gasteiger partial charge on any atom is 0.323 e. The zero-order valence-electron chi connectivity index (χ0n) is 23.1. The van der Waals surface area contributed by atoms with E-state index in [1.807, 2.05) is 55.9 Å². The third-order valence-electron chi connectivity index (χ3n) is 6.51. The van der Waals surface area contributed by atoms with E-state index in [0.29, 0.717) is 35.8 Å². The summed E-state index contributed by atoms with van der Waals surface area (Å²) in [7, 11) is 7.04. The maximum absolute atomic E-state index is 13.5. The molecule has 0 bridgehead atoms. The van der Waals surface area contributed by atoms with Crippen LogP contribution in [0.25, 0.3) is 0 Å². The van der Waals surface area contributed by atoms with E-state index < -0.39 is 6.03 Å². The van der Waals surface area contributed by atoms with Crippen molar-refractivity contribution in [2.24, 2.45) is 5.92 Å². The van der Waals surface area contributed by atoms with Crippen LogP contribution in [0.15, 0.2) is 48.5 Å². The topological polar surface area (TPSA) is 103 Å². The number of ether oxygens (including phenoxy) is 2. The fraction of sp³-hybridized carbons (Fsp3) is 0.464. The maximum atomic E-state index is 13.5. The lowest BCUT2D eigenvalue weighted by Crippen LogP contribution is -2.50. The molecule has 2 aromatic carbocycles. The van der Waals surface area contributed by atoms with Crippen molar-refractivity contribution in [3.05, 3.63) is 54.1 Å². The predicted molar refractivity (Wildman–Crippen MR) is 148 cm³/mol. The Morgan fingerprint density at radius 2 is 1.74 bits per heavy atom. The van der Waals surface area contributed by atoms with Crippen LogP contribution in [0.3, 0.4) is 0 Å². The van der Waals surface area contributed by atoms with E-state index in [4.69, 9.17) is 9.47 Å². The van der Waals surface area contributed by atoms with Crippen molar-refractivity contribution in [1.82, 2.24) is 14.7 Å². The molecule has 10 nitrogen and oxygen atoms in total. The Morgan fingerprint density at radius 3 is 2.39 bits per heavy atom. The number of benzene rings is 2. The molecule has 38 heavy (non-hydrogen) atoms. The number of nitrogens with zero attached hydrogens (tertiary/aromatic N) is 3. The van der Waals surface area contributed by atoms with Gasteiger partial charge in [0.15, 0.2) is 0 Å². The fourth-order valence-corrected chi connectivity index (χ4v) is 4.38. The van der Waals surface area contributed by atoms with Crippen LogP contribution in [-0.2, 0) is 9.53 Å². The lowest BCUT2D eigenvalue weighted by atomic mass is 10.0. The molecule has 0 saturated heterocycles. The summed E-state index contributed by atoms with van der Waals surface area (Å²) in [6.07, 6.45) is -0.285. The van der Waals surface area contributed by atoms with Crippen LogP contribution < -0.4 is 15.4 Å². The van der Waals surface area contributed by atoms with Gasteiger partial charge in [-0.1, -0.05) is 25.1 Å². The largest absolute Gasteiger partial charge is 0.491 e. The van der Waals surface area contributed by atoms with E-state index in [9.17, 15) is 14.4 Å². The minimum Gasteiger partial charge on any atom is -0.491 e. The smallest absolute Gasteiger partial charge is 0.323 e. The first-order chi connectivity index (χ1) is 18.1. The minimum absolute atomic E-state index is 0.00140. The molecular formula is C28H39N5O5. The number of carbonyl (C=O) groups is 3. The molecule has 0 fully saturated rings. The quantitative estimate of drug-likeness (QED) is 0.621. The second-order valence-electron chi connectivity index (χ2n) is 10.0. The van der Waals surface area contributed by atoms with Gasteiger partial charge in [0.25, 0.3) is 5.91 Å². The Labute approximate surface area is 224 Å². The Balaban J connectivity index is 1.89. The number of fused-ring (bicyclic) bond motifs is 1. The number of nitrogens with one attached hydrogen (secondary N) is 2. The number of carbonyl (C=O) groups excluding carboxylic acids is 3. The van der Waals surface area contributed by atoms with Crippen molar-refractivity contribution in [2.45, 2.75) is 26.0 Å². The number of anilines is 2. The van der Waals surface area contributed by atoms with E-state index in [2.05, 4.69) is 10.6 Å². The van der Waals surface area contributed by atoms with Crippen LogP contribution in [0, 0.1) is 5.92 Å². The zero-order chi connectivity index (χ0) is 27.8. The van der Waals surface area contributed by atoms with Gasteiger partial charge in [0.1, 0.15) is 12.4 Å². The molecule has 206 valence electrons.